The van der Waals surface area contributed by atoms with Gasteiger partial charge >= 0.3 is 0 Å². The van der Waals surface area contributed by atoms with Crippen LogP contribution in [0.3, 0.4) is 0 Å². The van der Waals surface area contributed by atoms with Crippen molar-refractivity contribution in [1.29, 1.82) is 0 Å². The van der Waals surface area contributed by atoms with Gasteiger partial charge in [0.1, 0.15) is 11.5 Å². The fourth-order valence-corrected chi connectivity index (χ4v) is 3.43. The van der Waals surface area contributed by atoms with E-state index >= 15 is 0 Å². The topological polar surface area (TPSA) is 97.0 Å². The number of guanidine groups is 1. The lowest BCUT2D eigenvalue weighted by molar-refractivity contribution is 0.321. The third kappa shape index (κ3) is 7.01. The quantitative estimate of drug-likeness (QED) is 0.304. The van der Waals surface area contributed by atoms with Gasteiger partial charge in [0.05, 0.1) is 14.2 Å². The molecular formula is C20H31IN6O3. The Hall–Kier alpha value is -2.08. The molecule has 1 fully saturated rings. The number of hydrogen-bond acceptors (Lipinski definition) is 7. The standard InChI is InChI=1S/C20H30N6O3.HI/c1-14-23-19(29-25-14)5-7-22-20(21-2)24-16-6-8-26(13-16)12-15-9-17(27-3)11-18(10-15)28-4;/h9-11,16H,5-8,12-13H2,1-4H3,(H2,21,22,24);1H. The molecule has 0 amide bonds. The van der Waals surface area contributed by atoms with Crippen LogP contribution in [0.4, 0.5) is 0 Å². The molecule has 0 radical (unpaired) electrons. The van der Waals surface area contributed by atoms with E-state index in [0.29, 0.717) is 30.7 Å². The molecule has 1 aromatic heterocycles. The molecule has 2 heterocycles. The van der Waals surface area contributed by atoms with Gasteiger partial charge in [-0.05, 0) is 31.0 Å². The van der Waals surface area contributed by atoms with E-state index in [1.807, 2.05) is 13.0 Å². The first-order chi connectivity index (χ1) is 14.1. The van der Waals surface area contributed by atoms with E-state index in [4.69, 9.17) is 14.0 Å². The van der Waals surface area contributed by atoms with Crippen LogP contribution in [0.2, 0.25) is 0 Å². The van der Waals surface area contributed by atoms with Gasteiger partial charge in [-0.25, -0.2) is 0 Å². The van der Waals surface area contributed by atoms with E-state index in [0.717, 1.165) is 43.5 Å². The van der Waals surface area contributed by atoms with E-state index in [9.17, 15) is 0 Å². The number of halogens is 1. The molecule has 2 aromatic rings. The van der Waals surface area contributed by atoms with Gasteiger partial charge in [0, 0.05) is 51.8 Å². The Morgan fingerprint density at radius 3 is 2.60 bits per heavy atom. The molecule has 10 heteroatoms. The smallest absolute Gasteiger partial charge is 0.228 e. The second-order valence-corrected chi connectivity index (χ2v) is 7.07. The van der Waals surface area contributed by atoms with Crippen molar-refractivity contribution in [2.24, 2.45) is 4.99 Å². The van der Waals surface area contributed by atoms with Crippen LogP contribution < -0.4 is 20.1 Å². The summed E-state index contributed by atoms with van der Waals surface area (Å²) in [6, 6.07) is 6.36. The molecule has 1 aliphatic rings. The summed E-state index contributed by atoms with van der Waals surface area (Å²) < 4.78 is 15.9. The molecule has 0 saturated carbocycles. The van der Waals surface area contributed by atoms with Crippen LogP contribution in [0.25, 0.3) is 0 Å². The van der Waals surface area contributed by atoms with Gasteiger partial charge in [0.15, 0.2) is 11.8 Å². The van der Waals surface area contributed by atoms with Gasteiger partial charge in [0.25, 0.3) is 0 Å². The Bertz CT molecular complexity index is 806. The van der Waals surface area contributed by atoms with Gasteiger partial charge in [0.2, 0.25) is 5.89 Å². The number of rotatable bonds is 8. The van der Waals surface area contributed by atoms with Crippen LogP contribution >= 0.6 is 24.0 Å². The minimum Gasteiger partial charge on any atom is -0.497 e. The molecule has 1 aromatic carbocycles. The van der Waals surface area contributed by atoms with Crippen LogP contribution in [0.5, 0.6) is 11.5 Å². The summed E-state index contributed by atoms with van der Waals surface area (Å²) in [4.78, 5) is 10.9. The number of ether oxygens (including phenoxy) is 2. The maximum absolute atomic E-state index is 5.37. The molecule has 1 aliphatic heterocycles. The Labute approximate surface area is 194 Å². The van der Waals surface area contributed by atoms with Crippen LogP contribution in [0, 0.1) is 6.92 Å². The maximum Gasteiger partial charge on any atom is 0.228 e. The number of likely N-dealkylation sites (tertiary alicyclic amines) is 1. The van der Waals surface area contributed by atoms with Crippen molar-refractivity contribution in [2.75, 3.05) is 40.9 Å². The van der Waals surface area contributed by atoms with E-state index in [-0.39, 0.29) is 24.0 Å². The lowest BCUT2D eigenvalue weighted by Gasteiger charge is -2.19. The number of nitrogens with zero attached hydrogens (tertiary/aromatic N) is 4. The first-order valence-corrected chi connectivity index (χ1v) is 9.80. The number of nitrogens with one attached hydrogen (secondary N) is 2. The molecule has 0 spiro atoms. The first-order valence-electron chi connectivity index (χ1n) is 9.80. The van der Waals surface area contributed by atoms with Crippen molar-refractivity contribution in [1.82, 2.24) is 25.7 Å². The van der Waals surface area contributed by atoms with E-state index in [1.165, 1.54) is 5.56 Å². The highest BCUT2D eigenvalue weighted by atomic mass is 127. The average molecular weight is 530 g/mol. The fraction of sp³-hybridized carbons (Fsp3) is 0.550. The summed E-state index contributed by atoms with van der Waals surface area (Å²) in [6.07, 6.45) is 1.72. The normalized spacial score (nSPS) is 16.8. The molecule has 1 saturated heterocycles. The molecule has 2 N–H and O–H groups in total. The van der Waals surface area contributed by atoms with Gasteiger partial charge in [-0.1, -0.05) is 5.16 Å². The Morgan fingerprint density at radius 2 is 2.00 bits per heavy atom. The lowest BCUT2D eigenvalue weighted by atomic mass is 10.2. The second kappa shape index (κ2) is 11.9. The lowest BCUT2D eigenvalue weighted by Crippen LogP contribution is -2.45. The van der Waals surface area contributed by atoms with Crippen molar-refractivity contribution in [3.05, 3.63) is 35.5 Å². The molecule has 1 unspecified atom stereocenters. The zero-order valence-corrected chi connectivity index (χ0v) is 20.3. The average Bonchev–Trinajstić information content (AvgIpc) is 3.35. The summed E-state index contributed by atoms with van der Waals surface area (Å²) in [5, 5.41) is 10.6. The molecule has 1 atom stereocenters. The first kappa shape index (κ1) is 24.2. The fourth-order valence-electron chi connectivity index (χ4n) is 3.43. The number of benzene rings is 1. The number of aromatic nitrogens is 2. The van der Waals surface area contributed by atoms with Crippen molar-refractivity contribution in [3.8, 4) is 11.5 Å². The molecule has 0 aliphatic carbocycles. The molecule has 9 nitrogen and oxygen atoms in total. The van der Waals surface area contributed by atoms with Crippen LogP contribution in [0.15, 0.2) is 27.7 Å². The third-order valence-electron chi connectivity index (χ3n) is 4.86. The summed E-state index contributed by atoms with van der Waals surface area (Å²) in [5.41, 5.74) is 1.18. The molecular weight excluding hydrogens is 499 g/mol. The predicted octanol–water partition coefficient (Wildman–Crippen LogP) is 2.00. The van der Waals surface area contributed by atoms with E-state index in [2.05, 4.69) is 42.8 Å². The van der Waals surface area contributed by atoms with E-state index in [1.54, 1.807) is 21.3 Å². The van der Waals surface area contributed by atoms with Gasteiger partial charge < -0.3 is 24.6 Å². The van der Waals surface area contributed by atoms with Crippen molar-refractivity contribution < 1.29 is 14.0 Å². The Balaban J connectivity index is 0.00000320. The number of aryl methyl sites for hydroxylation is 1. The van der Waals surface area contributed by atoms with Crippen LogP contribution in [-0.4, -0.2) is 67.9 Å². The summed E-state index contributed by atoms with van der Waals surface area (Å²) >= 11 is 0. The zero-order valence-electron chi connectivity index (χ0n) is 18.0. The van der Waals surface area contributed by atoms with Crippen molar-refractivity contribution in [2.45, 2.75) is 32.4 Å². The van der Waals surface area contributed by atoms with E-state index < -0.39 is 0 Å². The maximum atomic E-state index is 5.37. The highest BCUT2D eigenvalue weighted by molar-refractivity contribution is 14.0. The third-order valence-corrected chi connectivity index (χ3v) is 4.86. The number of hydrogen-bond donors (Lipinski definition) is 2. The Kier molecular flexibility index (Phi) is 9.63. The zero-order chi connectivity index (χ0) is 20.6. The number of aliphatic imine (C=N–C) groups is 1. The molecule has 30 heavy (non-hydrogen) atoms. The highest BCUT2D eigenvalue weighted by Crippen LogP contribution is 2.24. The largest absolute Gasteiger partial charge is 0.497 e. The van der Waals surface area contributed by atoms with Gasteiger partial charge in [-0.2, -0.15) is 4.98 Å². The van der Waals surface area contributed by atoms with Gasteiger partial charge in [-0.15, -0.1) is 24.0 Å². The minimum absolute atomic E-state index is 0. The summed E-state index contributed by atoms with van der Waals surface area (Å²) in [7, 11) is 5.13. The summed E-state index contributed by atoms with van der Waals surface area (Å²) in [6.45, 7) is 5.32. The second-order valence-electron chi connectivity index (χ2n) is 7.07. The Morgan fingerprint density at radius 1 is 1.27 bits per heavy atom. The van der Waals surface area contributed by atoms with Crippen molar-refractivity contribution in [3.63, 3.8) is 0 Å². The van der Waals surface area contributed by atoms with Crippen molar-refractivity contribution >= 4 is 29.9 Å². The SMILES string of the molecule is CN=C(NCCc1nc(C)no1)NC1CCN(Cc2cc(OC)cc(OC)c2)C1.I. The van der Waals surface area contributed by atoms with Gasteiger partial charge in [-0.3, -0.25) is 9.89 Å². The minimum atomic E-state index is 0. The summed E-state index contributed by atoms with van der Waals surface area (Å²) in [5.74, 6) is 3.70. The molecule has 3 rings (SSSR count). The van der Waals surface area contributed by atoms with Crippen LogP contribution in [0.1, 0.15) is 23.7 Å². The monoisotopic (exact) mass is 530 g/mol. The number of methoxy groups -OCH3 is 2. The molecule has 0 bridgehead atoms. The molecule has 166 valence electrons. The highest BCUT2D eigenvalue weighted by Gasteiger charge is 2.23. The predicted molar refractivity (Wildman–Crippen MR) is 126 cm³/mol. The van der Waals surface area contributed by atoms with Crippen LogP contribution in [-0.2, 0) is 13.0 Å².